The second-order valence-corrected chi connectivity index (χ2v) is 4.39. The zero-order chi connectivity index (χ0) is 10.9. The molecule has 15 heavy (non-hydrogen) atoms. The fourth-order valence-corrected chi connectivity index (χ4v) is 1.58. The standard InChI is InChI=1S/C11H17N3O/c1-11(15,7-14-8-2-3-8)9-6-13-5-4-10(9)12/h4-6,8,14-15H,2-3,7H2,1H3,(H2,12,13). The van der Waals surface area contributed by atoms with E-state index in [1.807, 2.05) is 0 Å². The van der Waals surface area contributed by atoms with E-state index in [2.05, 4.69) is 10.3 Å². The number of hydrogen-bond donors (Lipinski definition) is 3. The first kappa shape index (κ1) is 10.4. The summed E-state index contributed by atoms with van der Waals surface area (Å²) in [5.41, 5.74) is 6.14. The minimum absolute atomic E-state index is 0.521. The van der Waals surface area contributed by atoms with Crippen molar-refractivity contribution >= 4 is 5.69 Å². The fourth-order valence-electron chi connectivity index (χ4n) is 1.58. The molecule has 1 aromatic rings. The molecule has 0 aliphatic heterocycles. The first-order valence-electron chi connectivity index (χ1n) is 5.25. The van der Waals surface area contributed by atoms with Gasteiger partial charge in [0.1, 0.15) is 5.60 Å². The van der Waals surface area contributed by atoms with Gasteiger partial charge in [-0.05, 0) is 25.8 Å². The summed E-state index contributed by atoms with van der Waals surface area (Å²) in [6.45, 7) is 2.28. The Labute approximate surface area is 89.5 Å². The van der Waals surface area contributed by atoms with Crippen LogP contribution in [0.15, 0.2) is 18.5 Å². The van der Waals surface area contributed by atoms with Crippen LogP contribution < -0.4 is 11.1 Å². The van der Waals surface area contributed by atoms with Crippen molar-refractivity contribution in [1.29, 1.82) is 0 Å². The van der Waals surface area contributed by atoms with Crippen molar-refractivity contribution in [3.63, 3.8) is 0 Å². The minimum atomic E-state index is -0.944. The van der Waals surface area contributed by atoms with Crippen LogP contribution in [-0.2, 0) is 5.60 Å². The molecule has 0 amide bonds. The summed E-state index contributed by atoms with van der Waals surface area (Å²) < 4.78 is 0. The molecule has 0 radical (unpaired) electrons. The Morgan fingerprint density at radius 1 is 1.67 bits per heavy atom. The second kappa shape index (κ2) is 3.79. The molecular formula is C11H17N3O. The summed E-state index contributed by atoms with van der Waals surface area (Å²) >= 11 is 0. The molecule has 0 aromatic carbocycles. The SMILES string of the molecule is CC(O)(CNC1CC1)c1cnccc1N. The number of anilines is 1. The van der Waals surface area contributed by atoms with Crippen molar-refractivity contribution in [3.05, 3.63) is 24.0 Å². The molecule has 4 nitrogen and oxygen atoms in total. The third-order valence-corrected chi connectivity index (χ3v) is 2.75. The van der Waals surface area contributed by atoms with Crippen molar-refractivity contribution in [2.75, 3.05) is 12.3 Å². The van der Waals surface area contributed by atoms with Crippen molar-refractivity contribution in [2.24, 2.45) is 0 Å². The van der Waals surface area contributed by atoms with E-state index in [4.69, 9.17) is 5.73 Å². The highest BCUT2D eigenvalue weighted by Gasteiger charge is 2.29. The Morgan fingerprint density at radius 3 is 3.00 bits per heavy atom. The van der Waals surface area contributed by atoms with Gasteiger partial charge in [-0.2, -0.15) is 0 Å². The van der Waals surface area contributed by atoms with Crippen LogP contribution in [0.1, 0.15) is 25.3 Å². The number of nitrogen functional groups attached to an aromatic ring is 1. The van der Waals surface area contributed by atoms with Crippen LogP contribution in [0, 0.1) is 0 Å². The van der Waals surface area contributed by atoms with Gasteiger partial charge in [-0.15, -0.1) is 0 Å². The van der Waals surface area contributed by atoms with Crippen LogP contribution in [0.25, 0.3) is 0 Å². The summed E-state index contributed by atoms with van der Waals surface area (Å²) in [6.07, 6.45) is 5.67. The molecule has 82 valence electrons. The third kappa shape index (κ3) is 2.46. The zero-order valence-electron chi connectivity index (χ0n) is 8.90. The molecule has 0 saturated heterocycles. The molecule has 0 spiro atoms. The maximum Gasteiger partial charge on any atom is 0.103 e. The monoisotopic (exact) mass is 207 g/mol. The quantitative estimate of drug-likeness (QED) is 0.677. The lowest BCUT2D eigenvalue weighted by molar-refractivity contribution is 0.0570. The van der Waals surface area contributed by atoms with E-state index in [1.54, 1.807) is 25.4 Å². The van der Waals surface area contributed by atoms with Crippen LogP contribution in [-0.4, -0.2) is 22.7 Å². The molecule has 1 fully saturated rings. The van der Waals surface area contributed by atoms with Gasteiger partial charge in [0.05, 0.1) is 0 Å². The van der Waals surface area contributed by atoms with Crippen LogP contribution in [0.5, 0.6) is 0 Å². The van der Waals surface area contributed by atoms with Gasteiger partial charge in [0.2, 0.25) is 0 Å². The van der Waals surface area contributed by atoms with Crippen molar-refractivity contribution in [3.8, 4) is 0 Å². The summed E-state index contributed by atoms with van der Waals surface area (Å²) in [5.74, 6) is 0. The van der Waals surface area contributed by atoms with Crippen LogP contribution in [0.3, 0.4) is 0 Å². The number of nitrogens with two attached hydrogens (primary N) is 1. The van der Waals surface area contributed by atoms with Gasteiger partial charge in [0, 0.05) is 36.2 Å². The first-order chi connectivity index (χ1) is 7.09. The smallest absolute Gasteiger partial charge is 0.103 e. The second-order valence-electron chi connectivity index (χ2n) is 4.39. The van der Waals surface area contributed by atoms with Crippen LogP contribution >= 0.6 is 0 Å². The highest BCUT2D eigenvalue weighted by Crippen LogP contribution is 2.26. The minimum Gasteiger partial charge on any atom is -0.398 e. The number of aromatic nitrogens is 1. The van der Waals surface area contributed by atoms with Crippen LogP contribution in [0.4, 0.5) is 5.69 Å². The maximum absolute atomic E-state index is 10.3. The predicted molar refractivity (Wildman–Crippen MR) is 59.2 cm³/mol. The topological polar surface area (TPSA) is 71.2 Å². The molecule has 1 saturated carbocycles. The first-order valence-corrected chi connectivity index (χ1v) is 5.25. The Hall–Kier alpha value is -1.13. The number of nitrogens with zero attached hydrogens (tertiary/aromatic N) is 1. The van der Waals surface area contributed by atoms with Gasteiger partial charge in [0.25, 0.3) is 0 Å². The summed E-state index contributed by atoms with van der Waals surface area (Å²) in [4.78, 5) is 3.99. The number of hydrogen-bond acceptors (Lipinski definition) is 4. The van der Waals surface area contributed by atoms with Gasteiger partial charge < -0.3 is 16.2 Å². The van der Waals surface area contributed by atoms with Gasteiger partial charge in [-0.1, -0.05) is 0 Å². The van der Waals surface area contributed by atoms with Gasteiger partial charge in [-0.25, -0.2) is 0 Å². The van der Waals surface area contributed by atoms with Gasteiger partial charge in [0.15, 0.2) is 0 Å². The average molecular weight is 207 g/mol. The molecule has 4 N–H and O–H groups in total. The normalized spacial score (nSPS) is 19.9. The Kier molecular flexibility index (Phi) is 2.63. The van der Waals surface area contributed by atoms with E-state index >= 15 is 0 Å². The van der Waals surface area contributed by atoms with E-state index in [1.165, 1.54) is 12.8 Å². The lowest BCUT2D eigenvalue weighted by Crippen LogP contribution is -2.37. The van der Waals surface area contributed by atoms with Crippen LogP contribution in [0.2, 0.25) is 0 Å². The largest absolute Gasteiger partial charge is 0.398 e. The number of aliphatic hydroxyl groups is 1. The molecule has 1 aromatic heterocycles. The molecule has 1 aliphatic carbocycles. The van der Waals surface area contributed by atoms with E-state index in [-0.39, 0.29) is 0 Å². The third-order valence-electron chi connectivity index (χ3n) is 2.75. The van der Waals surface area contributed by atoms with Gasteiger partial charge in [-0.3, -0.25) is 4.98 Å². The Morgan fingerprint density at radius 2 is 2.40 bits per heavy atom. The predicted octanol–water partition coefficient (Wildman–Crippen LogP) is 0.623. The maximum atomic E-state index is 10.3. The average Bonchev–Trinajstić information content (AvgIpc) is 2.99. The lowest BCUT2D eigenvalue weighted by Gasteiger charge is -2.25. The summed E-state index contributed by atoms with van der Waals surface area (Å²) in [7, 11) is 0. The molecule has 4 heteroatoms. The summed E-state index contributed by atoms with van der Waals surface area (Å²) in [6, 6.07) is 2.29. The number of pyridine rings is 1. The van der Waals surface area contributed by atoms with Crippen molar-refractivity contribution in [2.45, 2.75) is 31.4 Å². The highest BCUT2D eigenvalue weighted by atomic mass is 16.3. The Balaban J connectivity index is 2.08. The molecule has 1 heterocycles. The zero-order valence-corrected chi connectivity index (χ0v) is 8.90. The van der Waals surface area contributed by atoms with E-state index in [0.717, 1.165) is 0 Å². The fraction of sp³-hybridized carbons (Fsp3) is 0.545. The van der Waals surface area contributed by atoms with Gasteiger partial charge >= 0.3 is 0 Å². The number of rotatable bonds is 4. The number of nitrogens with one attached hydrogen (secondary N) is 1. The molecule has 1 atom stereocenters. The molecule has 2 rings (SSSR count). The molecular weight excluding hydrogens is 190 g/mol. The van der Waals surface area contributed by atoms with E-state index in [9.17, 15) is 5.11 Å². The lowest BCUT2D eigenvalue weighted by atomic mass is 9.96. The molecule has 0 bridgehead atoms. The highest BCUT2D eigenvalue weighted by molar-refractivity contribution is 5.47. The molecule has 1 unspecified atom stereocenters. The summed E-state index contributed by atoms with van der Waals surface area (Å²) in [5, 5.41) is 13.6. The van der Waals surface area contributed by atoms with E-state index < -0.39 is 5.60 Å². The van der Waals surface area contributed by atoms with Crippen molar-refractivity contribution in [1.82, 2.24) is 10.3 Å². The van der Waals surface area contributed by atoms with E-state index in [0.29, 0.717) is 23.8 Å². The Bertz CT molecular complexity index is 347. The van der Waals surface area contributed by atoms with Crippen molar-refractivity contribution < 1.29 is 5.11 Å². The molecule has 1 aliphatic rings.